The second-order valence-corrected chi connectivity index (χ2v) is 9.41. The second kappa shape index (κ2) is 9.30. The van der Waals surface area contributed by atoms with Crippen molar-refractivity contribution in [2.24, 2.45) is 0 Å². The molecule has 0 spiro atoms. The van der Waals surface area contributed by atoms with Crippen LogP contribution in [0.3, 0.4) is 0 Å². The van der Waals surface area contributed by atoms with E-state index in [0.717, 1.165) is 23.4 Å². The van der Waals surface area contributed by atoms with Gasteiger partial charge in [0.25, 0.3) is 5.69 Å². The molecule has 1 saturated heterocycles. The van der Waals surface area contributed by atoms with Gasteiger partial charge >= 0.3 is 5.63 Å². The number of nitro benzene ring substituents is 1. The molecule has 3 aromatic rings. The Morgan fingerprint density at radius 2 is 1.88 bits per heavy atom. The van der Waals surface area contributed by atoms with Crippen LogP contribution in [-0.2, 0) is 21.2 Å². The van der Waals surface area contributed by atoms with Crippen LogP contribution in [0.2, 0.25) is 0 Å². The Labute approximate surface area is 189 Å². The van der Waals surface area contributed by atoms with E-state index in [0.29, 0.717) is 12.0 Å². The molecule has 174 valence electrons. The summed E-state index contributed by atoms with van der Waals surface area (Å²) in [5.74, 6) is 0.157. The van der Waals surface area contributed by atoms with Crippen LogP contribution < -0.4 is 10.4 Å². The lowest BCUT2D eigenvalue weighted by Gasteiger charge is -2.26. The molecular formula is C22H22N2O8S. The molecule has 1 aliphatic rings. The minimum Gasteiger partial charge on any atom is -0.456 e. The topological polar surface area (TPSA) is 129 Å². The first-order valence-electron chi connectivity index (χ1n) is 10.4. The third-order valence-electron chi connectivity index (χ3n) is 5.27. The van der Waals surface area contributed by atoms with Gasteiger partial charge in [0.1, 0.15) is 22.0 Å². The van der Waals surface area contributed by atoms with Gasteiger partial charge in [-0.15, -0.1) is 0 Å². The third kappa shape index (κ3) is 4.75. The van der Waals surface area contributed by atoms with E-state index in [2.05, 4.69) is 0 Å². The van der Waals surface area contributed by atoms with Gasteiger partial charge in [0, 0.05) is 42.7 Å². The fraction of sp³-hybridized carbons (Fsp3) is 0.318. The van der Waals surface area contributed by atoms with Crippen molar-refractivity contribution in [3.8, 4) is 11.5 Å². The Hall–Kier alpha value is -3.28. The summed E-state index contributed by atoms with van der Waals surface area (Å²) in [6.07, 6.45) is 1.55. The molecule has 0 saturated carbocycles. The lowest BCUT2D eigenvalue weighted by Crippen LogP contribution is -2.40. The van der Waals surface area contributed by atoms with Gasteiger partial charge in [0.05, 0.1) is 18.1 Å². The Bertz CT molecular complexity index is 1360. The van der Waals surface area contributed by atoms with E-state index in [-0.39, 0.29) is 48.4 Å². The molecule has 0 atom stereocenters. The van der Waals surface area contributed by atoms with Crippen molar-refractivity contribution >= 4 is 26.7 Å². The predicted molar refractivity (Wildman–Crippen MR) is 119 cm³/mol. The Morgan fingerprint density at radius 3 is 2.58 bits per heavy atom. The first-order valence-corrected chi connectivity index (χ1v) is 11.8. The van der Waals surface area contributed by atoms with E-state index in [9.17, 15) is 23.3 Å². The van der Waals surface area contributed by atoms with Crippen LogP contribution in [0.25, 0.3) is 11.0 Å². The monoisotopic (exact) mass is 474 g/mol. The van der Waals surface area contributed by atoms with Gasteiger partial charge in [0.2, 0.25) is 10.0 Å². The average Bonchev–Trinajstić information content (AvgIpc) is 2.79. The number of morpholine rings is 1. The quantitative estimate of drug-likeness (QED) is 0.289. The van der Waals surface area contributed by atoms with Crippen molar-refractivity contribution in [2.75, 3.05) is 26.3 Å². The normalized spacial score (nSPS) is 14.9. The summed E-state index contributed by atoms with van der Waals surface area (Å²) >= 11 is 0. The van der Waals surface area contributed by atoms with Crippen LogP contribution in [0.4, 0.5) is 5.69 Å². The summed E-state index contributed by atoms with van der Waals surface area (Å²) in [5, 5.41) is 12.0. The summed E-state index contributed by atoms with van der Waals surface area (Å²) in [4.78, 5) is 22.2. The molecular weight excluding hydrogens is 452 g/mol. The van der Waals surface area contributed by atoms with Crippen molar-refractivity contribution in [1.82, 2.24) is 4.31 Å². The van der Waals surface area contributed by atoms with Crippen LogP contribution in [0, 0.1) is 10.1 Å². The first kappa shape index (κ1) is 22.9. The number of nitro groups is 1. The molecule has 1 aliphatic heterocycles. The number of ether oxygens (including phenoxy) is 2. The number of fused-ring (bicyclic) bond motifs is 1. The van der Waals surface area contributed by atoms with E-state index >= 15 is 0 Å². The smallest absolute Gasteiger partial charge is 0.336 e. The first-order chi connectivity index (χ1) is 15.8. The Kier molecular flexibility index (Phi) is 6.45. The SMILES string of the molecule is CCCc1cc(=O)oc2cc(Oc3ccc([N+](=O)[O-])cc3S(=O)(=O)N3CCOCC3)ccc12. The summed E-state index contributed by atoms with van der Waals surface area (Å²) in [6.45, 7) is 2.73. The van der Waals surface area contributed by atoms with Crippen molar-refractivity contribution < 1.29 is 27.2 Å². The summed E-state index contributed by atoms with van der Waals surface area (Å²) in [6, 6.07) is 9.74. The summed E-state index contributed by atoms with van der Waals surface area (Å²) in [7, 11) is -4.08. The van der Waals surface area contributed by atoms with Crippen molar-refractivity contribution in [2.45, 2.75) is 24.7 Å². The predicted octanol–water partition coefficient (Wildman–Crippen LogP) is 3.47. The molecule has 0 unspecified atom stereocenters. The van der Waals surface area contributed by atoms with E-state index < -0.39 is 20.6 Å². The van der Waals surface area contributed by atoms with Gasteiger partial charge in [0.15, 0.2) is 0 Å². The largest absolute Gasteiger partial charge is 0.456 e. The molecule has 33 heavy (non-hydrogen) atoms. The minimum absolute atomic E-state index is 0.0708. The maximum absolute atomic E-state index is 13.3. The van der Waals surface area contributed by atoms with Crippen LogP contribution in [0.1, 0.15) is 18.9 Å². The van der Waals surface area contributed by atoms with E-state index in [4.69, 9.17) is 13.9 Å². The fourth-order valence-electron chi connectivity index (χ4n) is 3.70. The number of hydrogen-bond donors (Lipinski definition) is 0. The second-order valence-electron chi connectivity index (χ2n) is 7.51. The molecule has 1 fully saturated rings. The number of non-ortho nitro benzene ring substituents is 1. The minimum atomic E-state index is -4.08. The zero-order valence-electron chi connectivity index (χ0n) is 17.9. The molecule has 2 heterocycles. The number of aryl methyl sites for hydroxylation is 1. The number of nitrogens with zero attached hydrogens (tertiary/aromatic N) is 2. The number of sulfonamides is 1. The molecule has 2 aromatic carbocycles. The molecule has 0 N–H and O–H groups in total. The van der Waals surface area contributed by atoms with Gasteiger partial charge in [-0.1, -0.05) is 13.3 Å². The van der Waals surface area contributed by atoms with E-state index in [1.165, 1.54) is 28.6 Å². The molecule has 0 radical (unpaired) electrons. The molecule has 4 rings (SSSR count). The third-order valence-corrected chi connectivity index (χ3v) is 7.19. The highest BCUT2D eigenvalue weighted by Gasteiger charge is 2.31. The molecule has 1 aromatic heterocycles. The highest BCUT2D eigenvalue weighted by molar-refractivity contribution is 7.89. The van der Waals surface area contributed by atoms with Crippen LogP contribution >= 0.6 is 0 Å². The maximum atomic E-state index is 13.3. The fourth-order valence-corrected chi connectivity index (χ4v) is 5.24. The number of hydrogen-bond acceptors (Lipinski definition) is 8. The lowest BCUT2D eigenvalue weighted by molar-refractivity contribution is -0.385. The highest BCUT2D eigenvalue weighted by Crippen LogP contribution is 2.35. The zero-order chi connectivity index (χ0) is 23.6. The van der Waals surface area contributed by atoms with Gasteiger partial charge in [-0.2, -0.15) is 4.31 Å². The van der Waals surface area contributed by atoms with Crippen molar-refractivity contribution in [1.29, 1.82) is 0 Å². The van der Waals surface area contributed by atoms with E-state index in [1.807, 2.05) is 6.92 Å². The van der Waals surface area contributed by atoms with Crippen molar-refractivity contribution in [3.63, 3.8) is 0 Å². The van der Waals surface area contributed by atoms with E-state index in [1.54, 1.807) is 12.1 Å². The Balaban J connectivity index is 1.77. The molecule has 0 amide bonds. The summed E-state index contributed by atoms with van der Waals surface area (Å²) < 4.78 is 44.1. The molecule has 10 nitrogen and oxygen atoms in total. The van der Waals surface area contributed by atoms with Crippen LogP contribution in [0.5, 0.6) is 11.5 Å². The molecule has 0 bridgehead atoms. The van der Waals surface area contributed by atoms with Gasteiger partial charge in [-0.25, -0.2) is 13.2 Å². The van der Waals surface area contributed by atoms with Gasteiger partial charge < -0.3 is 13.9 Å². The van der Waals surface area contributed by atoms with Gasteiger partial charge in [-0.05, 0) is 30.2 Å². The number of benzene rings is 2. The van der Waals surface area contributed by atoms with Crippen molar-refractivity contribution in [3.05, 3.63) is 68.6 Å². The zero-order valence-corrected chi connectivity index (χ0v) is 18.7. The summed E-state index contributed by atoms with van der Waals surface area (Å²) in [5.41, 5.74) is 0.293. The van der Waals surface area contributed by atoms with Crippen LogP contribution in [0.15, 0.2) is 56.6 Å². The molecule has 0 aliphatic carbocycles. The average molecular weight is 474 g/mol. The Morgan fingerprint density at radius 1 is 1.12 bits per heavy atom. The maximum Gasteiger partial charge on any atom is 0.336 e. The molecule has 11 heteroatoms. The lowest BCUT2D eigenvalue weighted by atomic mass is 10.1. The van der Waals surface area contributed by atoms with Crippen LogP contribution in [-0.4, -0.2) is 43.9 Å². The van der Waals surface area contributed by atoms with Gasteiger partial charge in [-0.3, -0.25) is 10.1 Å². The standard InChI is InChI=1S/C22H22N2O8S/c1-2-3-15-12-22(25)32-20-14-17(5-6-18(15)20)31-19-7-4-16(24(26)27)13-21(19)33(28,29)23-8-10-30-11-9-23/h4-7,12-14H,2-3,8-11H2,1H3. The highest BCUT2D eigenvalue weighted by atomic mass is 32.2. The number of rotatable bonds is 7.